The zero-order valence-corrected chi connectivity index (χ0v) is 17.4. The fourth-order valence-corrected chi connectivity index (χ4v) is 3.06. The molecule has 0 aliphatic rings. The van der Waals surface area contributed by atoms with Crippen LogP contribution in [0, 0.1) is 18.6 Å². The monoisotopic (exact) mass is 414 g/mol. The molecule has 1 unspecified atom stereocenters. The predicted octanol–water partition coefficient (Wildman–Crippen LogP) is 4.89. The van der Waals surface area contributed by atoms with Gasteiger partial charge in [-0.1, -0.05) is 26.0 Å². The molecular formula is C22H24F2N4O2. The first-order valence-corrected chi connectivity index (χ1v) is 9.67. The minimum absolute atomic E-state index is 0.0498. The Kier molecular flexibility index (Phi) is 6.44. The normalized spacial score (nSPS) is 11.9. The summed E-state index contributed by atoms with van der Waals surface area (Å²) in [6.07, 6.45) is 1.70. The highest BCUT2D eigenvalue weighted by molar-refractivity contribution is 5.67. The maximum Gasteiger partial charge on any atom is 0.407 e. The molecular weight excluding hydrogens is 390 g/mol. The van der Waals surface area contributed by atoms with Crippen molar-refractivity contribution >= 4 is 6.09 Å². The highest BCUT2D eigenvalue weighted by atomic mass is 19.1. The molecule has 0 aliphatic carbocycles. The van der Waals surface area contributed by atoms with Gasteiger partial charge in [-0.15, -0.1) is 9.90 Å². The molecule has 1 atom stereocenters. The van der Waals surface area contributed by atoms with Crippen LogP contribution < -0.4 is 5.32 Å². The van der Waals surface area contributed by atoms with Crippen molar-refractivity contribution in [1.82, 2.24) is 20.3 Å². The van der Waals surface area contributed by atoms with E-state index in [0.717, 1.165) is 22.3 Å². The van der Waals surface area contributed by atoms with Crippen LogP contribution in [0.15, 0.2) is 36.5 Å². The average molecular weight is 414 g/mol. The van der Waals surface area contributed by atoms with E-state index in [-0.39, 0.29) is 18.2 Å². The van der Waals surface area contributed by atoms with Gasteiger partial charge in [0.15, 0.2) is 17.3 Å². The van der Waals surface area contributed by atoms with Crippen molar-refractivity contribution in [3.05, 3.63) is 64.9 Å². The average Bonchev–Trinajstić information content (AvgIpc) is 3.21. The third kappa shape index (κ3) is 4.48. The first-order valence-electron chi connectivity index (χ1n) is 9.67. The molecule has 0 bridgehead atoms. The number of aromatic nitrogens is 3. The van der Waals surface area contributed by atoms with Crippen molar-refractivity contribution in [2.75, 3.05) is 7.11 Å². The number of carbonyl (C=O) groups is 1. The second kappa shape index (κ2) is 9.02. The smallest absolute Gasteiger partial charge is 0.407 e. The Bertz CT molecular complexity index is 1040. The molecule has 0 fully saturated rings. The topological polar surface area (TPSA) is 69.0 Å². The van der Waals surface area contributed by atoms with Crippen LogP contribution in [0.1, 0.15) is 42.9 Å². The second-order valence-electron chi connectivity index (χ2n) is 7.15. The zero-order chi connectivity index (χ0) is 21.8. The fraction of sp³-hybridized carbons (Fsp3) is 0.318. The summed E-state index contributed by atoms with van der Waals surface area (Å²) in [6.45, 7) is 6.08. The van der Waals surface area contributed by atoms with E-state index >= 15 is 0 Å². The van der Waals surface area contributed by atoms with E-state index in [2.05, 4.69) is 20.3 Å². The molecule has 6 nitrogen and oxygen atoms in total. The van der Waals surface area contributed by atoms with Crippen molar-refractivity contribution in [2.45, 2.75) is 39.7 Å². The summed E-state index contributed by atoms with van der Waals surface area (Å²) in [5, 5.41) is 10.9. The summed E-state index contributed by atoms with van der Waals surface area (Å²) < 4.78 is 33.9. The van der Waals surface area contributed by atoms with Crippen molar-refractivity contribution in [1.29, 1.82) is 0 Å². The van der Waals surface area contributed by atoms with E-state index in [1.54, 1.807) is 0 Å². The third-order valence-electron chi connectivity index (χ3n) is 5.17. The maximum absolute atomic E-state index is 14.6. The lowest BCUT2D eigenvalue weighted by molar-refractivity contribution is 0.170. The largest absolute Gasteiger partial charge is 0.453 e. The van der Waals surface area contributed by atoms with Crippen molar-refractivity contribution in [3.8, 4) is 16.9 Å². The van der Waals surface area contributed by atoms with Gasteiger partial charge in [0.2, 0.25) is 0 Å². The first-order chi connectivity index (χ1) is 14.3. The summed E-state index contributed by atoms with van der Waals surface area (Å²) in [4.78, 5) is 12.3. The van der Waals surface area contributed by atoms with Crippen LogP contribution in [0.5, 0.6) is 0 Å². The van der Waals surface area contributed by atoms with E-state index in [1.165, 1.54) is 25.4 Å². The summed E-state index contributed by atoms with van der Waals surface area (Å²) in [5.74, 6) is -1.37. The number of nitrogens with one attached hydrogen (secondary N) is 1. The minimum Gasteiger partial charge on any atom is -0.453 e. The van der Waals surface area contributed by atoms with Gasteiger partial charge in [0, 0.05) is 12.1 Å². The Morgan fingerprint density at radius 3 is 2.57 bits per heavy atom. The Morgan fingerprint density at radius 2 is 1.93 bits per heavy atom. The van der Waals surface area contributed by atoms with E-state index < -0.39 is 17.7 Å². The van der Waals surface area contributed by atoms with E-state index in [9.17, 15) is 13.6 Å². The van der Waals surface area contributed by atoms with Crippen molar-refractivity contribution in [3.63, 3.8) is 0 Å². The van der Waals surface area contributed by atoms with Gasteiger partial charge in [-0.25, -0.2) is 13.6 Å². The van der Waals surface area contributed by atoms with E-state index in [4.69, 9.17) is 0 Å². The van der Waals surface area contributed by atoms with E-state index in [1.807, 2.05) is 39.0 Å². The molecule has 3 rings (SSSR count). The van der Waals surface area contributed by atoms with E-state index in [0.29, 0.717) is 16.8 Å². The molecule has 30 heavy (non-hydrogen) atoms. The number of ether oxygens (including phenoxy) is 1. The number of nitrogens with zero attached hydrogens (tertiary/aromatic N) is 3. The molecule has 0 saturated heterocycles. The number of aryl methyl sites for hydroxylation is 1. The molecule has 0 saturated carbocycles. The van der Waals surface area contributed by atoms with Crippen LogP contribution in [0.25, 0.3) is 16.9 Å². The molecule has 3 aromatic rings. The Hall–Kier alpha value is -3.29. The molecule has 1 aromatic heterocycles. The van der Waals surface area contributed by atoms with Gasteiger partial charge in [0.1, 0.15) is 5.69 Å². The summed E-state index contributed by atoms with van der Waals surface area (Å²) in [5.41, 5.74) is 3.30. The van der Waals surface area contributed by atoms with Gasteiger partial charge in [0.05, 0.1) is 13.3 Å². The van der Waals surface area contributed by atoms with Gasteiger partial charge in [-0.05, 0) is 54.2 Å². The molecule has 158 valence electrons. The van der Waals surface area contributed by atoms with Gasteiger partial charge < -0.3 is 10.1 Å². The number of halogens is 2. The summed E-state index contributed by atoms with van der Waals surface area (Å²) in [7, 11) is 1.30. The molecule has 1 N–H and O–H groups in total. The summed E-state index contributed by atoms with van der Waals surface area (Å²) >= 11 is 0. The second-order valence-corrected chi connectivity index (χ2v) is 7.15. The maximum atomic E-state index is 14.6. The Morgan fingerprint density at radius 1 is 1.23 bits per heavy atom. The van der Waals surface area contributed by atoms with Crippen LogP contribution in [0.4, 0.5) is 13.6 Å². The number of hydrogen-bond donors (Lipinski definition) is 1. The lowest BCUT2D eigenvalue weighted by atomic mass is 9.98. The van der Waals surface area contributed by atoms with Crippen molar-refractivity contribution in [2.24, 2.45) is 0 Å². The van der Waals surface area contributed by atoms with Crippen molar-refractivity contribution < 1.29 is 18.3 Å². The molecule has 1 heterocycles. The van der Waals surface area contributed by atoms with Gasteiger partial charge in [-0.3, -0.25) is 0 Å². The number of rotatable bonds is 6. The number of carbonyl (C=O) groups excluding carboxylic acids is 1. The third-order valence-corrected chi connectivity index (χ3v) is 5.17. The zero-order valence-electron chi connectivity index (χ0n) is 17.4. The van der Waals surface area contributed by atoms with Crippen LogP contribution in [0.3, 0.4) is 0 Å². The fourth-order valence-electron chi connectivity index (χ4n) is 3.06. The minimum atomic E-state index is -0.709. The SMILES string of the molecule is CCC(C)c1cc(F)c(-n2ncc(-c3ccc(C)c(CNC(=O)OC)c3)n2)c(F)c1. The Balaban J connectivity index is 1.91. The quantitative estimate of drug-likeness (QED) is 0.624. The number of benzene rings is 2. The van der Waals surface area contributed by atoms with Crippen LogP contribution in [-0.2, 0) is 11.3 Å². The summed E-state index contributed by atoms with van der Waals surface area (Å²) in [6, 6.07) is 8.23. The van der Waals surface area contributed by atoms with Crippen LogP contribution in [-0.4, -0.2) is 28.2 Å². The standard InChI is InChI=1S/C22H24F2N4O2/c1-5-13(2)16-9-18(23)21(19(24)10-16)28-26-12-20(27-28)15-7-6-14(3)17(8-15)11-25-22(29)30-4/h6-10,12-13H,5,11H2,1-4H3,(H,25,29). The Labute approximate surface area is 173 Å². The molecule has 0 spiro atoms. The molecule has 8 heteroatoms. The highest BCUT2D eigenvalue weighted by Crippen LogP contribution is 2.26. The number of hydrogen-bond acceptors (Lipinski definition) is 4. The first kappa shape index (κ1) is 21.4. The predicted molar refractivity (Wildman–Crippen MR) is 109 cm³/mol. The number of amides is 1. The van der Waals surface area contributed by atoms with Gasteiger partial charge in [-0.2, -0.15) is 5.10 Å². The lowest BCUT2D eigenvalue weighted by Crippen LogP contribution is -2.22. The lowest BCUT2D eigenvalue weighted by Gasteiger charge is -2.12. The van der Waals surface area contributed by atoms with Crippen LogP contribution >= 0.6 is 0 Å². The molecule has 2 aromatic carbocycles. The number of methoxy groups -OCH3 is 1. The number of alkyl carbamates (subject to hydrolysis) is 1. The van der Waals surface area contributed by atoms with Gasteiger partial charge in [0.25, 0.3) is 0 Å². The molecule has 0 aliphatic heterocycles. The van der Waals surface area contributed by atoms with Gasteiger partial charge >= 0.3 is 6.09 Å². The van der Waals surface area contributed by atoms with Crippen LogP contribution in [0.2, 0.25) is 0 Å². The molecule has 0 radical (unpaired) electrons. The highest BCUT2D eigenvalue weighted by Gasteiger charge is 2.18. The molecule has 1 amide bonds.